The number of imidazole rings is 1. The van der Waals surface area contributed by atoms with E-state index in [4.69, 9.17) is 12.2 Å². The van der Waals surface area contributed by atoms with E-state index in [0.29, 0.717) is 6.04 Å². The van der Waals surface area contributed by atoms with E-state index in [1.54, 1.807) is 0 Å². The molecule has 82 valence electrons. The lowest BCUT2D eigenvalue weighted by atomic mass is 10.3. The minimum absolute atomic E-state index is 0.388. The molecule has 0 radical (unpaired) electrons. The van der Waals surface area contributed by atoms with E-state index in [-0.39, 0.29) is 0 Å². The zero-order chi connectivity index (χ0) is 10.8. The fourth-order valence-electron chi connectivity index (χ4n) is 1.69. The Morgan fingerprint density at radius 3 is 3.07 bits per heavy atom. The van der Waals surface area contributed by atoms with Crippen molar-refractivity contribution in [3.05, 3.63) is 18.2 Å². The molecule has 5 heteroatoms. The Morgan fingerprint density at radius 1 is 1.53 bits per heavy atom. The predicted octanol–water partition coefficient (Wildman–Crippen LogP) is 0.982. The zero-order valence-electron chi connectivity index (χ0n) is 9.10. The highest BCUT2D eigenvalue weighted by molar-refractivity contribution is 7.80. The first-order valence-corrected chi connectivity index (χ1v) is 5.63. The van der Waals surface area contributed by atoms with Crippen LogP contribution in [-0.2, 0) is 13.1 Å². The van der Waals surface area contributed by atoms with E-state index >= 15 is 0 Å². The second-order valence-electron chi connectivity index (χ2n) is 4.06. The number of rotatable bonds is 1. The molecule has 1 aromatic heterocycles. The van der Waals surface area contributed by atoms with Crippen LogP contribution in [0.2, 0.25) is 0 Å². The molecule has 1 aromatic rings. The standard InChI is InChI=1S/C10H16N4S/c1-8(2)12-10(15)14-6-5-13-4-3-11-9(13)7-14/h3-4,8H,5-7H2,1-2H3,(H,12,15). The van der Waals surface area contributed by atoms with Gasteiger partial charge in [0.05, 0.1) is 6.54 Å². The number of thiocarbonyl (C=S) groups is 1. The number of nitrogens with one attached hydrogen (secondary N) is 1. The van der Waals surface area contributed by atoms with Crippen LogP contribution in [0, 0.1) is 0 Å². The largest absolute Gasteiger partial charge is 0.360 e. The summed E-state index contributed by atoms with van der Waals surface area (Å²) < 4.78 is 2.18. The Kier molecular flexibility index (Phi) is 2.90. The highest BCUT2D eigenvalue weighted by Crippen LogP contribution is 2.10. The van der Waals surface area contributed by atoms with Crippen LogP contribution in [0.1, 0.15) is 19.7 Å². The molecule has 2 rings (SSSR count). The third kappa shape index (κ3) is 2.28. The van der Waals surface area contributed by atoms with Crippen molar-refractivity contribution in [1.82, 2.24) is 19.8 Å². The lowest BCUT2D eigenvalue weighted by molar-refractivity contribution is 0.323. The maximum atomic E-state index is 5.33. The number of fused-ring (bicyclic) bond motifs is 1. The first-order valence-electron chi connectivity index (χ1n) is 5.22. The number of nitrogens with zero attached hydrogens (tertiary/aromatic N) is 3. The van der Waals surface area contributed by atoms with Gasteiger partial charge < -0.3 is 14.8 Å². The van der Waals surface area contributed by atoms with Crippen molar-refractivity contribution in [2.75, 3.05) is 6.54 Å². The average Bonchev–Trinajstić information content (AvgIpc) is 2.62. The van der Waals surface area contributed by atoms with Gasteiger partial charge in [0.15, 0.2) is 5.11 Å². The van der Waals surface area contributed by atoms with Crippen LogP contribution in [0.3, 0.4) is 0 Å². The van der Waals surface area contributed by atoms with Crippen LogP contribution in [0.25, 0.3) is 0 Å². The molecule has 0 unspecified atom stereocenters. The third-order valence-corrected chi connectivity index (χ3v) is 2.82. The Bertz CT molecular complexity index is 358. The Hall–Kier alpha value is -1.10. The SMILES string of the molecule is CC(C)NC(=S)N1CCn2ccnc2C1. The van der Waals surface area contributed by atoms with Crippen molar-refractivity contribution in [2.24, 2.45) is 0 Å². The second-order valence-corrected chi connectivity index (χ2v) is 4.45. The smallest absolute Gasteiger partial charge is 0.169 e. The van der Waals surface area contributed by atoms with Crippen molar-refractivity contribution in [3.63, 3.8) is 0 Å². The molecule has 0 amide bonds. The maximum Gasteiger partial charge on any atom is 0.169 e. The van der Waals surface area contributed by atoms with Crippen LogP contribution in [0.4, 0.5) is 0 Å². The molecule has 0 aromatic carbocycles. The van der Waals surface area contributed by atoms with E-state index in [0.717, 1.165) is 30.6 Å². The topological polar surface area (TPSA) is 33.1 Å². The Morgan fingerprint density at radius 2 is 2.33 bits per heavy atom. The van der Waals surface area contributed by atoms with Gasteiger partial charge in [0.1, 0.15) is 5.82 Å². The summed E-state index contributed by atoms with van der Waals surface area (Å²) in [6, 6.07) is 0.388. The van der Waals surface area contributed by atoms with E-state index in [2.05, 4.69) is 33.6 Å². The molecule has 0 bridgehead atoms. The maximum absolute atomic E-state index is 5.33. The summed E-state index contributed by atoms with van der Waals surface area (Å²) in [6.07, 6.45) is 3.86. The van der Waals surface area contributed by atoms with Gasteiger partial charge in [0.2, 0.25) is 0 Å². The molecule has 0 atom stereocenters. The first kappa shape index (κ1) is 10.4. The molecule has 4 nitrogen and oxygen atoms in total. The van der Waals surface area contributed by atoms with Gasteiger partial charge in [-0.05, 0) is 26.1 Å². The van der Waals surface area contributed by atoms with Crippen LogP contribution in [0.15, 0.2) is 12.4 Å². The third-order valence-electron chi connectivity index (χ3n) is 2.44. The minimum atomic E-state index is 0.388. The van der Waals surface area contributed by atoms with E-state index in [1.807, 2.05) is 12.4 Å². The normalized spacial score (nSPS) is 15.3. The van der Waals surface area contributed by atoms with Crippen LogP contribution in [-0.4, -0.2) is 32.2 Å². The summed E-state index contributed by atoms with van der Waals surface area (Å²) >= 11 is 5.33. The van der Waals surface area contributed by atoms with Gasteiger partial charge in [-0.3, -0.25) is 0 Å². The van der Waals surface area contributed by atoms with Gasteiger partial charge in [-0.25, -0.2) is 4.98 Å². The van der Waals surface area contributed by atoms with Crippen LogP contribution < -0.4 is 5.32 Å². The lowest BCUT2D eigenvalue weighted by Gasteiger charge is -2.30. The van der Waals surface area contributed by atoms with Gasteiger partial charge in [-0.15, -0.1) is 0 Å². The predicted molar refractivity (Wildman–Crippen MR) is 63.5 cm³/mol. The molecule has 0 saturated carbocycles. The van der Waals surface area contributed by atoms with Crippen LogP contribution >= 0.6 is 12.2 Å². The van der Waals surface area contributed by atoms with Gasteiger partial charge in [0.25, 0.3) is 0 Å². The monoisotopic (exact) mass is 224 g/mol. The fraction of sp³-hybridized carbons (Fsp3) is 0.600. The number of hydrogen-bond donors (Lipinski definition) is 1. The molecule has 15 heavy (non-hydrogen) atoms. The molecule has 0 spiro atoms. The quantitative estimate of drug-likeness (QED) is 0.721. The van der Waals surface area contributed by atoms with E-state index in [1.165, 1.54) is 0 Å². The minimum Gasteiger partial charge on any atom is -0.360 e. The number of hydrogen-bond acceptors (Lipinski definition) is 2. The highest BCUT2D eigenvalue weighted by Gasteiger charge is 2.18. The summed E-state index contributed by atoms with van der Waals surface area (Å²) in [5.74, 6) is 1.09. The molecular formula is C10H16N4S. The zero-order valence-corrected chi connectivity index (χ0v) is 9.92. The Balaban J connectivity index is 2.00. The summed E-state index contributed by atoms with van der Waals surface area (Å²) in [5.41, 5.74) is 0. The van der Waals surface area contributed by atoms with E-state index in [9.17, 15) is 0 Å². The van der Waals surface area contributed by atoms with E-state index < -0.39 is 0 Å². The van der Waals surface area contributed by atoms with Gasteiger partial charge in [0, 0.05) is 31.5 Å². The van der Waals surface area contributed by atoms with Gasteiger partial charge >= 0.3 is 0 Å². The molecule has 0 aliphatic carbocycles. The first-order chi connectivity index (χ1) is 7.16. The van der Waals surface area contributed by atoms with Gasteiger partial charge in [-0.2, -0.15) is 0 Å². The van der Waals surface area contributed by atoms with Crippen molar-refractivity contribution in [2.45, 2.75) is 33.0 Å². The van der Waals surface area contributed by atoms with Crippen molar-refractivity contribution < 1.29 is 0 Å². The second kappa shape index (κ2) is 4.18. The summed E-state index contributed by atoms with van der Waals surface area (Å²) in [7, 11) is 0. The summed E-state index contributed by atoms with van der Waals surface area (Å²) in [4.78, 5) is 6.47. The molecule has 0 saturated heterocycles. The molecule has 2 heterocycles. The highest BCUT2D eigenvalue weighted by atomic mass is 32.1. The van der Waals surface area contributed by atoms with Crippen LogP contribution in [0.5, 0.6) is 0 Å². The van der Waals surface area contributed by atoms with Crippen molar-refractivity contribution >= 4 is 17.3 Å². The van der Waals surface area contributed by atoms with Crippen molar-refractivity contribution in [1.29, 1.82) is 0 Å². The fourth-order valence-corrected chi connectivity index (χ4v) is 2.08. The molecule has 1 aliphatic heterocycles. The molecule has 0 fully saturated rings. The summed E-state index contributed by atoms with van der Waals surface area (Å²) in [6.45, 7) is 6.93. The van der Waals surface area contributed by atoms with Gasteiger partial charge in [-0.1, -0.05) is 0 Å². The molecule has 1 N–H and O–H groups in total. The van der Waals surface area contributed by atoms with Crippen molar-refractivity contribution in [3.8, 4) is 0 Å². The average molecular weight is 224 g/mol. The molecule has 1 aliphatic rings. The Labute approximate surface area is 95.3 Å². The summed E-state index contributed by atoms with van der Waals surface area (Å²) in [5, 5.41) is 4.09. The molecular weight excluding hydrogens is 208 g/mol. The lowest BCUT2D eigenvalue weighted by Crippen LogP contribution is -2.46. The number of aromatic nitrogens is 2.